The number of rotatable bonds is 5. The Morgan fingerprint density at radius 1 is 1.05 bits per heavy atom. The van der Waals surface area contributed by atoms with Crippen LogP contribution in [0.25, 0.3) is 11.0 Å². The molecule has 0 radical (unpaired) electrons. The Bertz CT molecular complexity index is 1620. The van der Waals surface area contributed by atoms with Crippen LogP contribution in [0.3, 0.4) is 0 Å². The van der Waals surface area contributed by atoms with E-state index in [4.69, 9.17) is 4.74 Å². The Balaban J connectivity index is 1.45. The van der Waals surface area contributed by atoms with Crippen LogP contribution in [0.2, 0.25) is 0 Å². The van der Waals surface area contributed by atoms with Crippen molar-refractivity contribution < 1.29 is 32.3 Å². The molecule has 1 aromatic heterocycles. The molecule has 2 aliphatic carbocycles. The van der Waals surface area contributed by atoms with Crippen LogP contribution in [-0.2, 0) is 34.0 Å². The first kappa shape index (κ1) is 26.1. The van der Waals surface area contributed by atoms with Crippen molar-refractivity contribution in [2.75, 3.05) is 18.1 Å². The van der Waals surface area contributed by atoms with Crippen molar-refractivity contribution >= 4 is 34.6 Å². The van der Waals surface area contributed by atoms with Gasteiger partial charge in [0.1, 0.15) is 0 Å². The van der Waals surface area contributed by atoms with Gasteiger partial charge in [-0.05, 0) is 68.0 Å². The second kappa shape index (κ2) is 9.24. The second-order valence-corrected chi connectivity index (χ2v) is 10.4. The zero-order chi connectivity index (χ0) is 28.5. The number of carbonyl (C=O) groups is 3. The zero-order valence-electron chi connectivity index (χ0n) is 21.9. The largest absolute Gasteiger partial charge is 0.465 e. The monoisotopic (exact) mass is 556 g/mol. The predicted octanol–water partition coefficient (Wildman–Crippen LogP) is 4.33. The fourth-order valence-corrected chi connectivity index (χ4v) is 6.03. The van der Waals surface area contributed by atoms with E-state index in [1.54, 1.807) is 36.7 Å². The highest BCUT2D eigenvalue weighted by Crippen LogP contribution is 2.44. The van der Waals surface area contributed by atoms with Gasteiger partial charge in [0.2, 0.25) is 5.91 Å². The van der Waals surface area contributed by atoms with E-state index < -0.39 is 41.6 Å². The van der Waals surface area contributed by atoms with E-state index in [1.165, 1.54) is 21.6 Å². The van der Waals surface area contributed by atoms with Crippen LogP contribution in [-0.4, -0.2) is 45.1 Å². The maximum absolute atomic E-state index is 14.0. The molecule has 2 aromatic carbocycles. The molecular formula is C28H27F3N4O5. The summed E-state index contributed by atoms with van der Waals surface area (Å²) in [4.78, 5) is 55.5. The molecule has 1 unspecified atom stereocenters. The minimum atomic E-state index is -4.59. The Labute approximate surface area is 226 Å². The minimum Gasteiger partial charge on any atom is -0.465 e. The fourth-order valence-electron chi connectivity index (χ4n) is 6.03. The van der Waals surface area contributed by atoms with E-state index in [-0.39, 0.29) is 48.9 Å². The lowest BCUT2D eigenvalue weighted by Crippen LogP contribution is -2.59. The number of nitrogens with zero attached hydrogens (tertiary/aromatic N) is 4. The number of carbonyl (C=O) groups excluding carboxylic acids is 3. The van der Waals surface area contributed by atoms with Crippen molar-refractivity contribution in [1.82, 2.24) is 14.0 Å². The topological polar surface area (TPSA) is 93.8 Å². The smallest absolute Gasteiger partial charge is 0.416 e. The van der Waals surface area contributed by atoms with E-state index in [9.17, 15) is 32.3 Å². The molecule has 1 saturated heterocycles. The van der Waals surface area contributed by atoms with Gasteiger partial charge in [-0.2, -0.15) is 13.2 Å². The summed E-state index contributed by atoms with van der Waals surface area (Å²) in [5.41, 5.74) is 0.972. The zero-order valence-corrected chi connectivity index (χ0v) is 21.9. The first-order valence-electron chi connectivity index (χ1n) is 13.2. The lowest BCUT2D eigenvalue weighted by atomic mass is 9.98. The van der Waals surface area contributed by atoms with Crippen molar-refractivity contribution in [1.29, 1.82) is 0 Å². The quantitative estimate of drug-likeness (QED) is 0.345. The maximum atomic E-state index is 14.0. The van der Waals surface area contributed by atoms with Crippen molar-refractivity contribution in [2.45, 2.75) is 50.9 Å². The van der Waals surface area contributed by atoms with E-state index in [0.29, 0.717) is 16.7 Å². The van der Waals surface area contributed by atoms with Crippen LogP contribution in [0.15, 0.2) is 41.2 Å². The number of ether oxygens (including phenoxy) is 1. The number of aryl methyl sites for hydroxylation is 1. The maximum Gasteiger partial charge on any atom is 0.416 e. The molecular weight excluding hydrogens is 529 g/mol. The van der Waals surface area contributed by atoms with Gasteiger partial charge in [-0.25, -0.2) is 9.59 Å². The van der Waals surface area contributed by atoms with Gasteiger partial charge in [-0.3, -0.25) is 28.5 Å². The van der Waals surface area contributed by atoms with Crippen LogP contribution in [0.1, 0.15) is 55.0 Å². The van der Waals surface area contributed by atoms with E-state index in [0.717, 1.165) is 23.8 Å². The molecule has 3 aliphatic rings. The van der Waals surface area contributed by atoms with Crippen LogP contribution >= 0.6 is 0 Å². The summed E-state index contributed by atoms with van der Waals surface area (Å²) in [5.74, 6) is -2.97. The average Bonchev–Trinajstić information content (AvgIpc) is 3.60. The second-order valence-electron chi connectivity index (χ2n) is 10.4. The molecule has 1 saturated carbocycles. The summed E-state index contributed by atoms with van der Waals surface area (Å²) in [5, 5.41) is 0. The van der Waals surface area contributed by atoms with E-state index in [2.05, 4.69) is 0 Å². The lowest BCUT2D eigenvalue weighted by Gasteiger charge is -2.40. The molecule has 0 bridgehead atoms. The average molecular weight is 557 g/mol. The Hall–Kier alpha value is -4.09. The normalized spacial score (nSPS) is 21.3. The highest BCUT2D eigenvalue weighted by Gasteiger charge is 2.49. The number of fused-ring (bicyclic) bond motifs is 2. The van der Waals surface area contributed by atoms with Crippen LogP contribution in [0.5, 0.6) is 0 Å². The van der Waals surface area contributed by atoms with Gasteiger partial charge in [-0.15, -0.1) is 0 Å². The number of hydrogen-bond acceptors (Lipinski definition) is 5. The number of alkyl halides is 3. The van der Waals surface area contributed by atoms with Gasteiger partial charge in [0.05, 0.1) is 35.8 Å². The predicted molar refractivity (Wildman–Crippen MR) is 138 cm³/mol. The summed E-state index contributed by atoms with van der Waals surface area (Å²) in [6, 6.07) is 7.13. The summed E-state index contributed by atoms with van der Waals surface area (Å²) < 4.78 is 49.5. The molecule has 6 rings (SSSR count). The fraction of sp³-hybridized carbons (Fsp3) is 0.429. The highest BCUT2D eigenvalue weighted by molar-refractivity contribution is 6.13. The van der Waals surface area contributed by atoms with Crippen LogP contribution < -0.4 is 10.6 Å². The van der Waals surface area contributed by atoms with Gasteiger partial charge < -0.3 is 4.74 Å². The molecule has 1 aliphatic heterocycles. The number of aromatic nitrogens is 2. The highest BCUT2D eigenvalue weighted by atomic mass is 19.4. The van der Waals surface area contributed by atoms with Crippen molar-refractivity contribution in [2.24, 2.45) is 13.0 Å². The molecule has 12 heteroatoms. The van der Waals surface area contributed by atoms with Crippen molar-refractivity contribution in [3.63, 3.8) is 0 Å². The molecule has 2 heterocycles. The van der Waals surface area contributed by atoms with E-state index in [1.807, 2.05) is 0 Å². The molecule has 9 nitrogen and oxygen atoms in total. The molecule has 0 spiro atoms. The van der Waals surface area contributed by atoms with Gasteiger partial charge in [0.15, 0.2) is 5.92 Å². The number of benzene rings is 2. The summed E-state index contributed by atoms with van der Waals surface area (Å²) >= 11 is 0. The number of hydrogen-bond donors (Lipinski definition) is 0. The number of imide groups is 1. The first-order valence-corrected chi connectivity index (χ1v) is 13.2. The van der Waals surface area contributed by atoms with Gasteiger partial charge in [0.25, 0.3) is 0 Å². The molecule has 3 amide bonds. The third kappa shape index (κ3) is 3.99. The number of halogens is 3. The number of amides is 3. The summed E-state index contributed by atoms with van der Waals surface area (Å²) in [6.07, 6.45) is -2.74. The number of imidazole rings is 1. The number of urea groups is 1. The third-order valence-electron chi connectivity index (χ3n) is 8.06. The van der Waals surface area contributed by atoms with Crippen molar-refractivity contribution in [3.8, 4) is 0 Å². The van der Waals surface area contributed by atoms with Gasteiger partial charge in [-0.1, -0.05) is 12.1 Å². The van der Waals surface area contributed by atoms with Crippen LogP contribution in [0.4, 0.5) is 23.7 Å². The number of anilines is 1. The first-order chi connectivity index (χ1) is 19.0. The molecule has 2 fully saturated rings. The van der Waals surface area contributed by atoms with Crippen molar-refractivity contribution in [3.05, 3.63) is 63.6 Å². The molecule has 210 valence electrons. The molecule has 2 atom stereocenters. The SMILES string of the molecule is CCOC(=O)C1CN(c2ccc3c(c2)n(C2CC2)c(=O)n3C)C(=O)N([C@@H]2CCc3c2cccc3C(F)(F)F)C1=O. The number of esters is 1. The standard InChI is InChI=1S/C28H27F3N4O5/c1-3-40-25(37)19-14-33(16-9-11-22-23(13-16)34(15-7-8-15)26(38)32(22)2)27(39)35(24(19)36)21-12-10-17-18(21)5-4-6-20(17)28(29,30)31/h4-6,9,11,13,15,19,21H,3,7-8,10,12,14H2,1-2H3/t19?,21-/m1/s1. The molecule has 3 aromatic rings. The molecule has 40 heavy (non-hydrogen) atoms. The molecule has 0 N–H and O–H groups in total. The minimum absolute atomic E-state index is 0.0153. The van der Waals surface area contributed by atoms with Gasteiger partial charge in [0, 0.05) is 18.8 Å². The summed E-state index contributed by atoms with van der Waals surface area (Å²) in [7, 11) is 1.67. The van der Waals surface area contributed by atoms with Crippen LogP contribution in [0, 0.1) is 5.92 Å². The van der Waals surface area contributed by atoms with Gasteiger partial charge >= 0.3 is 23.9 Å². The Kier molecular flexibility index (Phi) is 6.04. The lowest BCUT2D eigenvalue weighted by molar-refractivity contribution is -0.155. The third-order valence-corrected chi connectivity index (χ3v) is 8.06. The Morgan fingerprint density at radius 2 is 1.80 bits per heavy atom. The summed E-state index contributed by atoms with van der Waals surface area (Å²) in [6.45, 7) is 1.32. The van der Waals surface area contributed by atoms with E-state index >= 15 is 0 Å². The Morgan fingerprint density at radius 3 is 2.48 bits per heavy atom.